The number of carbonyl (C=O) groups excluding carboxylic acids is 1. The van der Waals surface area contributed by atoms with Gasteiger partial charge in [-0.3, -0.25) is 9.59 Å². The van der Waals surface area contributed by atoms with Crippen LogP contribution >= 0.6 is 0 Å². The number of hydrogen-bond donors (Lipinski definition) is 3. The molecule has 5 nitrogen and oxygen atoms in total. The van der Waals surface area contributed by atoms with Gasteiger partial charge in [0.25, 0.3) is 0 Å². The molecule has 1 aromatic rings. The maximum Gasteiger partial charge on any atom is 0.304 e. The summed E-state index contributed by atoms with van der Waals surface area (Å²) in [7, 11) is 0. The SMILES string of the molecule is CC(C)C[C@H](CC(=O)O)C(=O)NC1c2ccccc2C[C@H]1O. The van der Waals surface area contributed by atoms with Gasteiger partial charge in [0.15, 0.2) is 0 Å². The average Bonchev–Trinajstić information content (AvgIpc) is 2.73. The van der Waals surface area contributed by atoms with Crippen molar-refractivity contribution in [2.24, 2.45) is 11.8 Å². The highest BCUT2D eigenvalue weighted by atomic mass is 16.4. The Labute approximate surface area is 130 Å². The van der Waals surface area contributed by atoms with Gasteiger partial charge in [0, 0.05) is 12.3 Å². The number of carboxylic acids is 1. The van der Waals surface area contributed by atoms with Crippen LogP contribution in [0.15, 0.2) is 24.3 Å². The van der Waals surface area contributed by atoms with Gasteiger partial charge in [-0.1, -0.05) is 38.1 Å². The Morgan fingerprint density at radius 3 is 2.64 bits per heavy atom. The molecule has 3 atom stereocenters. The molecule has 120 valence electrons. The molecule has 3 N–H and O–H groups in total. The van der Waals surface area contributed by atoms with Crippen molar-refractivity contribution < 1.29 is 19.8 Å². The van der Waals surface area contributed by atoms with Crippen LogP contribution in [0.5, 0.6) is 0 Å². The third-order valence-corrected chi connectivity index (χ3v) is 4.05. The van der Waals surface area contributed by atoms with Crippen LogP contribution in [-0.4, -0.2) is 28.2 Å². The van der Waals surface area contributed by atoms with Gasteiger partial charge in [-0.2, -0.15) is 0 Å². The van der Waals surface area contributed by atoms with Gasteiger partial charge in [0.2, 0.25) is 5.91 Å². The number of carboxylic acid groups (broad SMARTS) is 1. The molecular weight excluding hydrogens is 282 g/mol. The Kier molecular flexibility index (Phi) is 5.19. The van der Waals surface area contributed by atoms with Gasteiger partial charge in [-0.25, -0.2) is 0 Å². The lowest BCUT2D eigenvalue weighted by atomic mass is 9.92. The lowest BCUT2D eigenvalue weighted by Crippen LogP contribution is -2.39. The minimum atomic E-state index is -0.979. The maximum atomic E-state index is 12.4. The first-order chi connectivity index (χ1) is 10.4. The number of amides is 1. The van der Waals surface area contributed by atoms with E-state index in [1.807, 2.05) is 38.1 Å². The summed E-state index contributed by atoms with van der Waals surface area (Å²) in [6, 6.07) is 7.16. The number of nitrogens with one attached hydrogen (secondary N) is 1. The van der Waals surface area contributed by atoms with Crippen LogP contribution in [-0.2, 0) is 16.0 Å². The van der Waals surface area contributed by atoms with Crippen molar-refractivity contribution in [2.75, 3.05) is 0 Å². The summed E-state index contributed by atoms with van der Waals surface area (Å²) in [6.45, 7) is 3.92. The van der Waals surface area contributed by atoms with Crippen molar-refractivity contribution in [1.82, 2.24) is 5.32 Å². The molecule has 0 heterocycles. The maximum absolute atomic E-state index is 12.4. The smallest absolute Gasteiger partial charge is 0.304 e. The highest BCUT2D eigenvalue weighted by Gasteiger charge is 2.34. The van der Waals surface area contributed by atoms with Crippen molar-refractivity contribution in [3.63, 3.8) is 0 Å². The predicted molar refractivity (Wildman–Crippen MR) is 82.2 cm³/mol. The molecule has 0 spiro atoms. The summed E-state index contributed by atoms with van der Waals surface area (Å²) in [5.41, 5.74) is 1.95. The minimum Gasteiger partial charge on any atom is -0.481 e. The largest absolute Gasteiger partial charge is 0.481 e. The number of rotatable bonds is 6. The predicted octanol–water partition coefficient (Wildman–Crippen LogP) is 1.90. The molecule has 1 unspecified atom stereocenters. The van der Waals surface area contributed by atoms with Crippen LogP contribution < -0.4 is 5.32 Å². The topological polar surface area (TPSA) is 86.6 Å². The number of aliphatic hydroxyl groups excluding tert-OH is 1. The zero-order chi connectivity index (χ0) is 16.3. The molecule has 1 aliphatic carbocycles. The highest BCUT2D eigenvalue weighted by molar-refractivity contribution is 5.83. The molecule has 1 aromatic carbocycles. The van der Waals surface area contributed by atoms with Crippen molar-refractivity contribution >= 4 is 11.9 Å². The molecule has 0 saturated carbocycles. The van der Waals surface area contributed by atoms with Crippen LogP contribution in [0.25, 0.3) is 0 Å². The first-order valence-corrected chi connectivity index (χ1v) is 7.66. The Balaban J connectivity index is 2.10. The molecular formula is C17H23NO4. The van der Waals surface area contributed by atoms with Gasteiger partial charge in [-0.15, -0.1) is 0 Å². The monoisotopic (exact) mass is 305 g/mol. The van der Waals surface area contributed by atoms with Crippen LogP contribution in [0.4, 0.5) is 0 Å². The molecule has 1 amide bonds. The van der Waals surface area contributed by atoms with Crippen LogP contribution in [0.2, 0.25) is 0 Å². The van der Waals surface area contributed by atoms with Gasteiger partial charge >= 0.3 is 5.97 Å². The summed E-state index contributed by atoms with van der Waals surface area (Å²) in [5, 5.41) is 22.0. The molecule has 22 heavy (non-hydrogen) atoms. The third-order valence-electron chi connectivity index (χ3n) is 4.05. The van der Waals surface area contributed by atoms with Gasteiger partial charge in [-0.05, 0) is 23.5 Å². The molecule has 0 bridgehead atoms. The summed E-state index contributed by atoms with van der Waals surface area (Å²) < 4.78 is 0. The number of aliphatic hydroxyl groups is 1. The van der Waals surface area contributed by atoms with Crippen LogP contribution in [0.3, 0.4) is 0 Å². The summed E-state index contributed by atoms with van der Waals surface area (Å²) in [6.07, 6.45) is 0.178. The second-order valence-electron chi connectivity index (χ2n) is 6.38. The number of carbonyl (C=O) groups is 2. The van der Waals surface area contributed by atoms with Crippen molar-refractivity contribution in [3.8, 4) is 0 Å². The van der Waals surface area contributed by atoms with Gasteiger partial charge in [0.05, 0.1) is 18.6 Å². The molecule has 5 heteroatoms. The molecule has 0 radical (unpaired) electrons. The van der Waals surface area contributed by atoms with E-state index in [1.54, 1.807) is 0 Å². The van der Waals surface area contributed by atoms with E-state index in [1.165, 1.54) is 0 Å². The Morgan fingerprint density at radius 2 is 2.00 bits per heavy atom. The molecule has 2 rings (SSSR count). The van der Waals surface area contributed by atoms with E-state index in [0.29, 0.717) is 12.8 Å². The highest BCUT2D eigenvalue weighted by Crippen LogP contribution is 2.31. The normalized spacial score (nSPS) is 21.5. The van der Waals surface area contributed by atoms with E-state index >= 15 is 0 Å². The molecule has 0 fully saturated rings. The van der Waals surface area contributed by atoms with Crippen molar-refractivity contribution in [1.29, 1.82) is 0 Å². The Hall–Kier alpha value is -1.88. The number of fused-ring (bicyclic) bond motifs is 1. The van der Waals surface area contributed by atoms with Crippen molar-refractivity contribution in [3.05, 3.63) is 35.4 Å². The summed E-state index contributed by atoms with van der Waals surface area (Å²) in [4.78, 5) is 23.4. The van der Waals surface area contributed by atoms with Crippen LogP contribution in [0, 0.1) is 11.8 Å². The van der Waals surface area contributed by atoms with Gasteiger partial charge < -0.3 is 15.5 Å². The minimum absolute atomic E-state index is 0.186. The van der Waals surface area contributed by atoms with Gasteiger partial charge in [0.1, 0.15) is 0 Å². The Morgan fingerprint density at radius 1 is 1.32 bits per heavy atom. The van der Waals surface area contributed by atoms with E-state index in [-0.39, 0.29) is 18.2 Å². The fourth-order valence-corrected chi connectivity index (χ4v) is 3.08. The number of benzene rings is 1. The molecule has 1 aliphatic rings. The fraction of sp³-hybridized carbons (Fsp3) is 0.529. The third kappa shape index (κ3) is 3.85. The standard InChI is InChI=1S/C17H23NO4/c1-10(2)7-12(9-15(20)21)17(22)18-16-13-6-4-3-5-11(13)8-14(16)19/h3-6,10,12,14,16,19H,7-9H2,1-2H3,(H,18,22)(H,20,21)/t12-,14-,16?/m1/s1. The lowest BCUT2D eigenvalue weighted by Gasteiger charge is -2.22. The Bertz CT molecular complexity index is 555. The number of aliphatic carboxylic acids is 1. The van der Waals surface area contributed by atoms with E-state index in [2.05, 4.69) is 5.32 Å². The summed E-state index contributed by atoms with van der Waals surface area (Å²) in [5.74, 6) is -1.61. The van der Waals surface area contributed by atoms with Crippen LogP contribution in [0.1, 0.15) is 43.9 Å². The van der Waals surface area contributed by atoms with Crippen molar-refractivity contribution in [2.45, 2.75) is 45.3 Å². The summed E-state index contributed by atoms with van der Waals surface area (Å²) >= 11 is 0. The molecule has 0 aromatic heterocycles. The zero-order valence-electron chi connectivity index (χ0n) is 13.0. The zero-order valence-corrected chi connectivity index (χ0v) is 13.0. The second-order valence-corrected chi connectivity index (χ2v) is 6.38. The van der Waals surface area contributed by atoms with E-state index in [0.717, 1.165) is 11.1 Å². The number of hydrogen-bond acceptors (Lipinski definition) is 3. The second kappa shape index (κ2) is 6.92. The molecule has 0 aliphatic heterocycles. The fourth-order valence-electron chi connectivity index (χ4n) is 3.08. The van der Waals surface area contributed by atoms with E-state index in [4.69, 9.17) is 5.11 Å². The quantitative estimate of drug-likeness (QED) is 0.749. The first-order valence-electron chi connectivity index (χ1n) is 7.66. The lowest BCUT2D eigenvalue weighted by molar-refractivity contribution is -0.141. The molecule has 0 saturated heterocycles. The average molecular weight is 305 g/mol. The van der Waals surface area contributed by atoms with E-state index in [9.17, 15) is 14.7 Å². The first kappa shape index (κ1) is 16.5. The van der Waals surface area contributed by atoms with E-state index < -0.39 is 24.0 Å².